The van der Waals surface area contributed by atoms with Crippen LogP contribution in [-0.2, 0) is 17.9 Å². The Labute approximate surface area is 178 Å². The molecule has 2 aromatic rings. The molecular weight excluding hydrogens is 442 g/mol. The molecule has 0 heterocycles. The minimum atomic E-state index is -0.835. The third-order valence-corrected chi connectivity index (χ3v) is 5.48. The molecule has 2 aromatic carbocycles. The molecule has 0 amide bonds. The number of ether oxygens (including phenoxy) is 2. The van der Waals surface area contributed by atoms with Crippen molar-refractivity contribution in [1.82, 2.24) is 5.32 Å². The predicted molar refractivity (Wildman–Crippen MR) is 117 cm³/mol. The van der Waals surface area contributed by atoms with Gasteiger partial charge in [-0.15, -0.1) is 0 Å². The van der Waals surface area contributed by atoms with E-state index in [-0.39, 0.29) is 0 Å². The lowest BCUT2D eigenvalue weighted by atomic mass is 10.1. The van der Waals surface area contributed by atoms with Crippen molar-refractivity contribution in [3.63, 3.8) is 0 Å². The van der Waals surface area contributed by atoms with E-state index in [1.807, 2.05) is 55.6 Å². The SMILES string of the molecule is CCOc1cc(CNC(CCSC)C(=O)O)c(Br)cc1OCc1ccccc1. The molecule has 1 atom stereocenters. The van der Waals surface area contributed by atoms with E-state index < -0.39 is 12.0 Å². The summed E-state index contributed by atoms with van der Waals surface area (Å²) in [4.78, 5) is 11.4. The number of carboxylic acid groups (broad SMARTS) is 1. The van der Waals surface area contributed by atoms with Crippen LogP contribution in [0.3, 0.4) is 0 Å². The summed E-state index contributed by atoms with van der Waals surface area (Å²) in [6.45, 7) is 3.30. The van der Waals surface area contributed by atoms with Gasteiger partial charge in [-0.25, -0.2) is 0 Å². The Morgan fingerprint density at radius 3 is 2.57 bits per heavy atom. The van der Waals surface area contributed by atoms with Crippen molar-refractivity contribution in [3.8, 4) is 11.5 Å². The lowest BCUT2D eigenvalue weighted by Crippen LogP contribution is -2.36. The Hall–Kier alpha value is -1.70. The Morgan fingerprint density at radius 2 is 1.93 bits per heavy atom. The monoisotopic (exact) mass is 467 g/mol. The van der Waals surface area contributed by atoms with Crippen molar-refractivity contribution in [2.45, 2.75) is 32.5 Å². The highest BCUT2D eigenvalue weighted by atomic mass is 79.9. The van der Waals surface area contributed by atoms with Crippen LogP contribution >= 0.6 is 27.7 Å². The molecule has 0 radical (unpaired) electrons. The first-order chi connectivity index (χ1) is 13.5. The minimum Gasteiger partial charge on any atom is -0.490 e. The van der Waals surface area contributed by atoms with Crippen molar-refractivity contribution in [3.05, 3.63) is 58.1 Å². The first-order valence-corrected chi connectivity index (χ1v) is 11.3. The molecule has 2 rings (SSSR count). The third kappa shape index (κ3) is 7.04. The number of rotatable bonds is 12. The van der Waals surface area contributed by atoms with Gasteiger partial charge >= 0.3 is 5.97 Å². The largest absolute Gasteiger partial charge is 0.490 e. The van der Waals surface area contributed by atoms with E-state index in [1.165, 1.54) is 0 Å². The maximum atomic E-state index is 11.4. The number of carbonyl (C=O) groups is 1. The van der Waals surface area contributed by atoms with E-state index in [2.05, 4.69) is 21.2 Å². The minimum absolute atomic E-state index is 0.422. The molecule has 7 heteroatoms. The Kier molecular flexibility index (Phi) is 9.67. The van der Waals surface area contributed by atoms with Crippen LogP contribution in [0.2, 0.25) is 0 Å². The average Bonchev–Trinajstić information content (AvgIpc) is 2.69. The van der Waals surface area contributed by atoms with Gasteiger partial charge in [-0.05, 0) is 48.6 Å². The molecule has 0 aliphatic carbocycles. The first kappa shape index (κ1) is 22.6. The zero-order chi connectivity index (χ0) is 20.4. The van der Waals surface area contributed by atoms with E-state index in [0.717, 1.165) is 21.4 Å². The highest BCUT2D eigenvalue weighted by Gasteiger charge is 2.18. The molecule has 2 N–H and O–H groups in total. The number of nitrogens with one attached hydrogen (secondary N) is 1. The van der Waals surface area contributed by atoms with Crippen molar-refractivity contribution in [1.29, 1.82) is 0 Å². The highest BCUT2D eigenvalue weighted by molar-refractivity contribution is 9.10. The zero-order valence-electron chi connectivity index (χ0n) is 16.1. The number of benzene rings is 2. The maximum Gasteiger partial charge on any atom is 0.320 e. The van der Waals surface area contributed by atoms with E-state index in [9.17, 15) is 9.90 Å². The summed E-state index contributed by atoms with van der Waals surface area (Å²) in [5.74, 6) is 1.26. The van der Waals surface area contributed by atoms with Gasteiger partial charge in [0.2, 0.25) is 0 Å². The van der Waals surface area contributed by atoms with Gasteiger partial charge in [0.25, 0.3) is 0 Å². The van der Waals surface area contributed by atoms with Crippen LogP contribution in [0.1, 0.15) is 24.5 Å². The van der Waals surface area contributed by atoms with Gasteiger partial charge in [-0.1, -0.05) is 46.3 Å². The molecule has 0 fully saturated rings. The lowest BCUT2D eigenvalue weighted by Gasteiger charge is -2.17. The Bertz CT molecular complexity index is 758. The summed E-state index contributed by atoms with van der Waals surface area (Å²) in [6.07, 6.45) is 2.54. The van der Waals surface area contributed by atoms with E-state index in [1.54, 1.807) is 11.8 Å². The van der Waals surface area contributed by atoms with Gasteiger partial charge in [0.05, 0.1) is 6.61 Å². The molecule has 0 saturated carbocycles. The molecule has 152 valence electrons. The second-order valence-electron chi connectivity index (χ2n) is 6.15. The normalized spacial score (nSPS) is 11.8. The van der Waals surface area contributed by atoms with Crippen molar-refractivity contribution in [2.75, 3.05) is 18.6 Å². The third-order valence-electron chi connectivity index (χ3n) is 4.10. The van der Waals surface area contributed by atoms with E-state index >= 15 is 0 Å². The quantitative estimate of drug-likeness (QED) is 0.470. The molecule has 0 aliphatic heterocycles. The van der Waals surface area contributed by atoms with Crippen LogP contribution in [-0.4, -0.2) is 35.7 Å². The molecule has 0 aliphatic rings. The number of halogens is 1. The molecule has 0 saturated heterocycles. The van der Waals surface area contributed by atoms with Crippen molar-refractivity contribution >= 4 is 33.7 Å². The van der Waals surface area contributed by atoms with Crippen LogP contribution in [0, 0.1) is 0 Å². The fourth-order valence-electron chi connectivity index (χ4n) is 2.61. The number of hydrogen-bond acceptors (Lipinski definition) is 5. The Balaban J connectivity index is 2.10. The second-order valence-corrected chi connectivity index (χ2v) is 7.99. The van der Waals surface area contributed by atoms with Gasteiger partial charge in [-0.2, -0.15) is 11.8 Å². The summed E-state index contributed by atoms with van der Waals surface area (Å²) >= 11 is 5.21. The number of aliphatic carboxylic acids is 1. The van der Waals surface area contributed by atoms with Crippen LogP contribution in [0.4, 0.5) is 0 Å². The summed E-state index contributed by atoms with van der Waals surface area (Å²) in [5, 5.41) is 12.5. The van der Waals surface area contributed by atoms with E-state index in [4.69, 9.17) is 9.47 Å². The average molecular weight is 468 g/mol. The fourth-order valence-corrected chi connectivity index (χ4v) is 3.54. The molecule has 5 nitrogen and oxygen atoms in total. The highest BCUT2D eigenvalue weighted by Crippen LogP contribution is 2.34. The second kappa shape index (κ2) is 12.0. The number of carboxylic acids is 1. The van der Waals surface area contributed by atoms with Gasteiger partial charge in [-0.3, -0.25) is 4.79 Å². The van der Waals surface area contributed by atoms with E-state index in [0.29, 0.717) is 37.7 Å². The molecular formula is C21H26BrNO4S. The zero-order valence-corrected chi connectivity index (χ0v) is 18.5. The summed E-state index contributed by atoms with van der Waals surface area (Å²) < 4.78 is 12.6. The van der Waals surface area contributed by atoms with Gasteiger partial charge < -0.3 is 19.9 Å². The van der Waals surface area contributed by atoms with Crippen LogP contribution < -0.4 is 14.8 Å². The van der Waals surface area contributed by atoms with Crippen LogP contribution in [0.5, 0.6) is 11.5 Å². The summed E-state index contributed by atoms with van der Waals surface area (Å²) in [6, 6.07) is 13.1. The fraction of sp³-hybridized carbons (Fsp3) is 0.381. The van der Waals surface area contributed by atoms with Crippen LogP contribution in [0.25, 0.3) is 0 Å². The standard InChI is InChI=1S/C21H26BrNO4S/c1-3-26-19-11-16(13-23-18(21(24)25)9-10-28-2)17(22)12-20(19)27-14-15-7-5-4-6-8-15/h4-8,11-12,18,23H,3,9-10,13-14H2,1-2H3,(H,24,25). The molecule has 0 bridgehead atoms. The van der Waals surface area contributed by atoms with Gasteiger partial charge in [0.1, 0.15) is 12.6 Å². The van der Waals surface area contributed by atoms with Gasteiger partial charge in [0, 0.05) is 11.0 Å². The first-order valence-electron chi connectivity index (χ1n) is 9.12. The number of hydrogen-bond donors (Lipinski definition) is 2. The number of thioether (sulfide) groups is 1. The van der Waals surface area contributed by atoms with Crippen molar-refractivity contribution in [2.24, 2.45) is 0 Å². The topological polar surface area (TPSA) is 67.8 Å². The molecule has 1 unspecified atom stereocenters. The maximum absolute atomic E-state index is 11.4. The summed E-state index contributed by atoms with van der Waals surface area (Å²) in [7, 11) is 0. The molecule has 28 heavy (non-hydrogen) atoms. The molecule has 0 spiro atoms. The Morgan fingerprint density at radius 1 is 1.21 bits per heavy atom. The van der Waals surface area contributed by atoms with Gasteiger partial charge in [0.15, 0.2) is 11.5 Å². The predicted octanol–water partition coefficient (Wildman–Crippen LogP) is 4.72. The molecule has 0 aromatic heterocycles. The lowest BCUT2D eigenvalue weighted by molar-refractivity contribution is -0.139. The summed E-state index contributed by atoms with van der Waals surface area (Å²) in [5.41, 5.74) is 2.00. The van der Waals surface area contributed by atoms with Crippen LogP contribution in [0.15, 0.2) is 46.9 Å². The van der Waals surface area contributed by atoms with Crippen molar-refractivity contribution < 1.29 is 19.4 Å². The smallest absolute Gasteiger partial charge is 0.320 e.